The van der Waals surface area contributed by atoms with Crippen molar-refractivity contribution < 1.29 is 0 Å². The van der Waals surface area contributed by atoms with Gasteiger partial charge in [-0.05, 0) is 47.4 Å². The molecular weight excluding hydrogens is 350 g/mol. The molecule has 0 saturated heterocycles. The van der Waals surface area contributed by atoms with Crippen LogP contribution in [0.1, 0.15) is 23.6 Å². The highest BCUT2D eigenvalue weighted by Crippen LogP contribution is 2.42. The fraction of sp³-hybridized carbons (Fsp3) is 0.107. The molecule has 0 radical (unpaired) electrons. The van der Waals surface area contributed by atoms with Crippen molar-refractivity contribution in [2.45, 2.75) is 13.8 Å². The van der Waals surface area contributed by atoms with Crippen LogP contribution in [0.4, 0.5) is 5.69 Å². The first kappa shape index (κ1) is 18.8. The van der Waals surface area contributed by atoms with Gasteiger partial charge in [-0.1, -0.05) is 91.9 Å². The number of aryl methyl sites for hydroxylation is 1. The standard InChI is InChI=1S/C28H25N/c1-20-14-18-24(19-15-20)28-25-12-8-9-13-26(25)29-22(3)27(28)21(2)16-17-23-10-6-4-5-7-11-23/h4-6,8-19,21,29H,3H2,1-2H3/b17-16+/t21-/m1/s1. The van der Waals surface area contributed by atoms with Crippen molar-refractivity contribution in [2.24, 2.45) is 5.92 Å². The van der Waals surface area contributed by atoms with Crippen LogP contribution in [0.3, 0.4) is 0 Å². The second kappa shape index (κ2) is 8.22. The van der Waals surface area contributed by atoms with Crippen molar-refractivity contribution in [3.63, 3.8) is 0 Å². The van der Waals surface area contributed by atoms with E-state index in [0.717, 1.165) is 17.0 Å². The lowest BCUT2D eigenvalue weighted by Crippen LogP contribution is -2.16. The van der Waals surface area contributed by atoms with E-state index in [1.165, 1.54) is 27.8 Å². The molecule has 142 valence electrons. The summed E-state index contributed by atoms with van der Waals surface area (Å²) in [4.78, 5) is 0. The quantitative estimate of drug-likeness (QED) is 0.560. The third kappa shape index (κ3) is 4.01. The monoisotopic (exact) mass is 375 g/mol. The van der Waals surface area contributed by atoms with Crippen molar-refractivity contribution in [2.75, 3.05) is 5.32 Å². The van der Waals surface area contributed by atoms with Gasteiger partial charge in [-0.25, -0.2) is 0 Å². The van der Waals surface area contributed by atoms with E-state index in [1.807, 2.05) is 24.3 Å². The van der Waals surface area contributed by atoms with E-state index in [-0.39, 0.29) is 5.92 Å². The maximum atomic E-state index is 4.36. The minimum atomic E-state index is 0.199. The fourth-order valence-electron chi connectivity index (χ4n) is 3.80. The second-order valence-corrected chi connectivity index (χ2v) is 7.48. The van der Waals surface area contributed by atoms with E-state index >= 15 is 0 Å². The summed E-state index contributed by atoms with van der Waals surface area (Å²) in [6.07, 6.45) is 14.4. The van der Waals surface area contributed by atoms with Gasteiger partial charge in [-0.2, -0.15) is 0 Å². The van der Waals surface area contributed by atoms with Crippen LogP contribution in [-0.2, 0) is 0 Å². The number of benzene rings is 2. The highest BCUT2D eigenvalue weighted by atomic mass is 14.9. The van der Waals surface area contributed by atoms with Crippen molar-refractivity contribution >= 4 is 11.3 Å². The molecule has 1 atom stereocenters. The second-order valence-electron chi connectivity index (χ2n) is 7.48. The average molecular weight is 376 g/mol. The SMILES string of the molecule is C=C1Nc2ccccc2C(c2ccc(C)cc2)=C1[C@H](C)/C=C/C1=CC=CC=C=C1. The first-order valence-corrected chi connectivity index (χ1v) is 9.98. The minimum Gasteiger partial charge on any atom is -0.355 e. The van der Waals surface area contributed by atoms with E-state index in [9.17, 15) is 0 Å². The van der Waals surface area contributed by atoms with Crippen LogP contribution in [0.25, 0.3) is 5.57 Å². The summed E-state index contributed by atoms with van der Waals surface area (Å²) in [5, 5.41) is 3.51. The number of hydrogen-bond donors (Lipinski definition) is 1. The Morgan fingerprint density at radius 3 is 2.66 bits per heavy atom. The summed E-state index contributed by atoms with van der Waals surface area (Å²) in [7, 11) is 0. The molecule has 0 bridgehead atoms. The number of fused-ring (bicyclic) bond motifs is 1. The molecule has 1 nitrogen and oxygen atoms in total. The molecule has 2 aromatic carbocycles. The Morgan fingerprint density at radius 1 is 1.03 bits per heavy atom. The van der Waals surface area contributed by atoms with Crippen LogP contribution in [-0.4, -0.2) is 0 Å². The van der Waals surface area contributed by atoms with Gasteiger partial charge in [-0.15, -0.1) is 5.73 Å². The van der Waals surface area contributed by atoms with Gasteiger partial charge in [0.15, 0.2) is 0 Å². The predicted octanol–water partition coefficient (Wildman–Crippen LogP) is 7.14. The van der Waals surface area contributed by atoms with Crippen LogP contribution in [0.15, 0.2) is 120 Å². The van der Waals surface area contributed by atoms with Gasteiger partial charge >= 0.3 is 0 Å². The first-order valence-electron chi connectivity index (χ1n) is 9.98. The lowest BCUT2D eigenvalue weighted by Gasteiger charge is -2.29. The van der Waals surface area contributed by atoms with Gasteiger partial charge in [0, 0.05) is 22.9 Å². The Bertz CT molecular complexity index is 1130. The zero-order valence-electron chi connectivity index (χ0n) is 16.9. The first-order chi connectivity index (χ1) is 14.1. The minimum absolute atomic E-state index is 0.199. The Hall–Kier alpha value is -3.54. The van der Waals surface area contributed by atoms with Crippen LogP contribution in [0.5, 0.6) is 0 Å². The zero-order chi connectivity index (χ0) is 20.2. The number of hydrogen-bond acceptors (Lipinski definition) is 1. The van der Waals surface area contributed by atoms with Crippen molar-refractivity contribution in [3.8, 4) is 0 Å². The Kier molecular flexibility index (Phi) is 5.33. The molecule has 0 fully saturated rings. The molecule has 2 aromatic rings. The molecule has 0 spiro atoms. The normalized spacial score (nSPS) is 16.5. The molecule has 1 heteroatoms. The van der Waals surface area contributed by atoms with Crippen LogP contribution in [0, 0.1) is 12.8 Å². The topological polar surface area (TPSA) is 12.0 Å². The molecule has 2 aliphatic rings. The maximum Gasteiger partial charge on any atom is 0.0464 e. The summed E-state index contributed by atoms with van der Waals surface area (Å²) in [6, 6.07) is 17.2. The summed E-state index contributed by atoms with van der Waals surface area (Å²) in [6.45, 7) is 8.72. The highest BCUT2D eigenvalue weighted by molar-refractivity contribution is 5.94. The van der Waals surface area contributed by atoms with Crippen LogP contribution in [0.2, 0.25) is 0 Å². The lowest BCUT2D eigenvalue weighted by molar-refractivity contribution is 0.873. The third-order valence-electron chi connectivity index (χ3n) is 5.29. The van der Waals surface area contributed by atoms with E-state index in [0.29, 0.717) is 0 Å². The molecule has 0 aromatic heterocycles. The van der Waals surface area contributed by atoms with Crippen LogP contribution < -0.4 is 5.32 Å². The summed E-state index contributed by atoms with van der Waals surface area (Å²) in [5.41, 5.74) is 12.6. The van der Waals surface area contributed by atoms with Gasteiger partial charge in [0.05, 0.1) is 0 Å². The zero-order valence-corrected chi connectivity index (χ0v) is 16.9. The van der Waals surface area contributed by atoms with E-state index < -0.39 is 0 Å². The number of nitrogens with one attached hydrogen (secondary N) is 1. The van der Waals surface area contributed by atoms with Gasteiger partial charge in [0.25, 0.3) is 0 Å². The van der Waals surface area contributed by atoms with Crippen molar-refractivity contribution in [1.82, 2.24) is 0 Å². The van der Waals surface area contributed by atoms with Gasteiger partial charge in [0.2, 0.25) is 0 Å². The van der Waals surface area contributed by atoms with Gasteiger partial charge in [0.1, 0.15) is 0 Å². The molecule has 29 heavy (non-hydrogen) atoms. The molecule has 0 saturated carbocycles. The van der Waals surface area contributed by atoms with Gasteiger partial charge < -0.3 is 5.32 Å². The Balaban J connectivity index is 1.82. The number of allylic oxidation sites excluding steroid dienone is 8. The number of para-hydroxylation sites is 1. The lowest BCUT2D eigenvalue weighted by atomic mass is 9.82. The Labute approximate surface area is 173 Å². The molecule has 0 unspecified atom stereocenters. The third-order valence-corrected chi connectivity index (χ3v) is 5.29. The van der Waals surface area contributed by atoms with E-state index in [1.54, 1.807) is 0 Å². The molecule has 1 heterocycles. The smallest absolute Gasteiger partial charge is 0.0464 e. The largest absolute Gasteiger partial charge is 0.355 e. The Morgan fingerprint density at radius 2 is 1.83 bits per heavy atom. The average Bonchev–Trinajstić information content (AvgIpc) is 3.00. The van der Waals surface area contributed by atoms with Gasteiger partial charge in [-0.3, -0.25) is 0 Å². The fourth-order valence-corrected chi connectivity index (χ4v) is 3.80. The number of rotatable bonds is 4. The maximum absolute atomic E-state index is 4.36. The number of anilines is 1. The molecule has 0 amide bonds. The molecule has 1 aliphatic carbocycles. The summed E-state index contributed by atoms with van der Waals surface area (Å²) < 4.78 is 0. The highest BCUT2D eigenvalue weighted by Gasteiger charge is 2.25. The molecule has 1 aliphatic heterocycles. The molecule has 1 N–H and O–H groups in total. The van der Waals surface area contributed by atoms with Crippen molar-refractivity contribution in [3.05, 3.63) is 137 Å². The van der Waals surface area contributed by atoms with E-state index in [2.05, 4.69) is 98.2 Å². The molecule has 4 rings (SSSR count). The summed E-state index contributed by atoms with van der Waals surface area (Å²) in [5.74, 6) is 0.199. The predicted molar refractivity (Wildman–Crippen MR) is 125 cm³/mol. The van der Waals surface area contributed by atoms with Crippen molar-refractivity contribution in [1.29, 1.82) is 0 Å². The summed E-state index contributed by atoms with van der Waals surface area (Å²) >= 11 is 0. The van der Waals surface area contributed by atoms with E-state index in [4.69, 9.17) is 0 Å². The molecular formula is C28H25N. The van der Waals surface area contributed by atoms with Crippen LogP contribution >= 0.6 is 0 Å².